The van der Waals surface area contributed by atoms with Gasteiger partial charge in [-0.15, -0.1) is 0 Å². The van der Waals surface area contributed by atoms with Crippen molar-refractivity contribution in [3.63, 3.8) is 0 Å². The summed E-state index contributed by atoms with van der Waals surface area (Å²) in [5, 5.41) is 10.2. The number of alkyl halides is 3. The molecule has 5 nitrogen and oxygen atoms in total. The molecule has 0 spiro atoms. The van der Waals surface area contributed by atoms with Crippen LogP contribution in [-0.2, 0) is 29.4 Å². The predicted molar refractivity (Wildman–Crippen MR) is 192 cm³/mol. The summed E-state index contributed by atoms with van der Waals surface area (Å²) in [7, 11) is 0. The molecule has 5 aromatic carbocycles. The molecule has 1 unspecified atom stereocenters. The molecule has 0 saturated carbocycles. The lowest BCUT2D eigenvalue weighted by atomic mass is 9.85. The third-order valence-electron chi connectivity index (χ3n) is 8.95. The zero-order valence-corrected chi connectivity index (χ0v) is 28.4. The normalized spacial score (nSPS) is 12.4. The van der Waals surface area contributed by atoms with E-state index in [0.717, 1.165) is 17.2 Å². The van der Waals surface area contributed by atoms with Crippen molar-refractivity contribution in [1.29, 1.82) is 0 Å². The van der Waals surface area contributed by atoms with Crippen LogP contribution >= 0.6 is 0 Å². The number of carboxylic acids is 1. The Bertz CT molecular complexity index is 2190. The first kappa shape index (κ1) is 35.1. The van der Waals surface area contributed by atoms with E-state index in [4.69, 9.17) is 4.74 Å². The van der Waals surface area contributed by atoms with Crippen LogP contribution in [0.3, 0.4) is 0 Å². The fraction of sp³-hybridized carbons (Fsp3) is 0.186. The molecule has 258 valence electrons. The fourth-order valence-electron chi connectivity index (χ4n) is 6.16. The maximum Gasteiger partial charge on any atom is 0.418 e. The molecule has 0 fully saturated rings. The van der Waals surface area contributed by atoms with E-state index in [-0.39, 0.29) is 34.3 Å². The molecule has 51 heavy (non-hydrogen) atoms. The van der Waals surface area contributed by atoms with Crippen LogP contribution in [-0.4, -0.2) is 21.8 Å². The standard InChI is InChI=1S/C43H36F3NO4/c1-42(2,3)32-21-17-27(18-22-32)23-35(41(49)50)29-19-15-28(16-20-29)26-51-33-12-7-11-31(24-33)38-34-13-8-14-37(43(44,45)46)39(34)47-25-36(38)40(48)30-9-5-4-6-10-30/h4-22,24-25,35H,23,26H2,1-3H3,(H,49,50). The van der Waals surface area contributed by atoms with E-state index in [0.29, 0.717) is 34.4 Å². The van der Waals surface area contributed by atoms with Crippen LogP contribution in [0, 0.1) is 0 Å². The van der Waals surface area contributed by atoms with Gasteiger partial charge in [0.15, 0.2) is 5.78 Å². The second-order valence-electron chi connectivity index (χ2n) is 13.5. The smallest absolute Gasteiger partial charge is 0.418 e. The number of benzene rings is 5. The van der Waals surface area contributed by atoms with Crippen LogP contribution in [0.15, 0.2) is 128 Å². The largest absolute Gasteiger partial charge is 0.489 e. The number of hydrogen-bond donors (Lipinski definition) is 1. The molecule has 0 bridgehead atoms. The molecular formula is C43H36F3NO4. The van der Waals surface area contributed by atoms with Crippen molar-refractivity contribution in [2.24, 2.45) is 0 Å². The summed E-state index contributed by atoms with van der Waals surface area (Å²) < 4.78 is 48.1. The Balaban J connectivity index is 1.26. The molecule has 1 aromatic heterocycles. The number of hydrogen-bond acceptors (Lipinski definition) is 4. The molecule has 0 aliphatic rings. The van der Waals surface area contributed by atoms with Crippen molar-refractivity contribution in [1.82, 2.24) is 4.98 Å². The number of rotatable bonds is 10. The van der Waals surface area contributed by atoms with Crippen LogP contribution in [0.1, 0.15) is 70.4 Å². The number of nitrogens with zero attached hydrogens (tertiary/aromatic N) is 1. The first-order valence-electron chi connectivity index (χ1n) is 16.5. The molecule has 0 amide bonds. The molecule has 0 saturated heterocycles. The summed E-state index contributed by atoms with van der Waals surface area (Å²) >= 11 is 0. The summed E-state index contributed by atoms with van der Waals surface area (Å²) in [5.74, 6) is -1.57. The maximum absolute atomic E-state index is 14.0. The highest BCUT2D eigenvalue weighted by Crippen LogP contribution is 2.40. The topological polar surface area (TPSA) is 76.5 Å². The van der Waals surface area contributed by atoms with E-state index < -0.39 is 23.6 Å². The first-order valence-corrected chi connectivity index (χ1v) is 16.5. The Morgan fingerprint density at radius 1 is 0.784 bits per heavy atom. The Morgan fingerprint density at radius 2 is 1.45 bits per heavy atom. The lowest BCUT2D eigenvalue weighted by molar-refractivity contribution is -0.139. The summed E-state index contributed by atoms with van der Waals surface area (Å²) in [4.78, 5) is 30.1. The molecule has 0 radical (unpaired) electrons. The van der Waals surface area contributed by atoms with E-state index in [1.165, 1.54) is 23.9 Å². The second kappa shape index (κ2) is 14.2. The maximum atomic E-state index is 14.0. The number of carboxylic acid groups (broad SMARTS) is 1. The van der Waals surface area contributed by atoms with Crippen LogP contribution in [0.25, 0.3) is 22.0 Å². The fourth-order valence-corrected chi connectivity index (χ4v) is 6.16. The van der Waals surface area contributed by atoms with Gasteiger partial charge in [0, 0.05) is 28.3 Å². The van der Waals surface area contributed by atoms with Gasteiger partial charge in [0.1, 0.15) is 12.4 Å². The summed E-state index contributed by atoms with van der Waals surface area (Å²) in [6, 6.07) is 34.5. The van der Waals surface area contributed by atoms with E-state index in [1.54, 1.807) is 66.7 Å². The van der Waals surface area contributed by atoms with Crippen molar-refractivity contribution in [3.05, 3.63) is 166 Å². The van der Waals surface area contributed by atoms with E-state index in [2.05, 4.69) is 25.8 Å². The minimum atomic E-state index is -4.64. The molecule has 6 rings (SSSR count). The van der Waals surface area contributed by atoms with Gasteiger partial charge in [-0.1, -0.05) is 124 Å². The SMILES string of the molecule is CC(C)(C)c1ccc(CC(C(=O)O)c2ccc(COc3cccc(-c4c(C(=O)c5ccccc5)cnc5c(C(F)(F)F)cccc45)c3)cc2)cc1. The van der Waals surface area contributed by atoms with Crippen molar-refractivity contribution in [2.45, 2.75) is 51.3 Å². The number of aromatic nitrogens is 1. The quantitative estimate of drug-likeness (QED) is 0.145. The minimum absolute atomic E-state index is 0.00235. The predicted octanol–water partition coefficient (Wildman–Crippen LogP) is 10.4. The van der Waals surface area contributed by atoms with E-state index >= 15 is 0 Å². The zero-order valence-electron chi connectivity index (χ0n) is 28.4. The van der Waals surface area contributed by atoms with Crippen molar-refractivity contribution in [3.8, 4) is 16.9 Å². The van der Waals surface area contributed by atoms with Gasteiger partial charge in [-0.05, 0) is 57.9 Å². The van der Waals surface area contributed by atoms with E-state index in [1.807, 2.05) is 36.4 Å². The van der Waals surface area contributed by atoms with Gasteiger partial charge in [0.05, 0.1) is 17.0 Å². The van der Waals surface area contributed by atoms with Gasteiger partial charge < -0.3 is 9.84 Å². The lowest BCUT2D eigenvalue weighted by Crippen LogP contribution is -2.15. The summed E-state index contributed by atoms with van der Waals surface area (Å²) in [6.45, 7) is 6.55. The Morgan fingerprint density at radius 3 is 2.10 bits per heavy atom. The number of para-hydroxylation sites is 1. The van der Waals surface area contributed by atoms with Gasteiger partial charge in [0.25, 0.3) is 0 Å². The average molecular weight is 688 g/mol. The van der Waals surface area contributed by atoms with Gasteiger partial charge in [-0.2, -0.15) is 13.2 Å². The van der Waals surface area contributed by atoms with Crippen molar-refractivity contribution in [2.75, 3.05) is 0 Å². The monoisotopic (exact) mass is 687 g/mol. The molecule has 0 aliphatic carbocycles. The highest BCUT2D eigenvalue weighted by molar-refractivity contribution is 6.16. The Kier molecular flexibility index (Phi) is 9.79. The number of halogens is 3. The molecule has 1 N–H and O–H groups in total. The van der Waals surface area contributed by atoms with Crippen molar-refractivity contribution < 1.29 is 32.6 Å². The highest BCUT2D eigenvalue weighted by atomic mass is 19.4. The number of ether oxygens (including phenoxy) is 1. The summed E-state index contributed by atoms with van der Waals surface area (Å²) in [6.07, 6.45) is -3.08. The molecule has 6 aromatic rings. The Hall–Kier alpha value is -5.76. The van der Waals surface area contributed by atoms with E-state index in [9.17, 15) is 27.9 Å². The highest BCUT2D eigenvalue weighted by Gasteiger charge is 2.34. The third-order valence-corrected chi connectivity index (χ3v) is 8.95. The van der Waals surface area contributed by atoms with Gasteiger partial charge >= 0.3 is 12.1 Å². The number of carbonyl (C=O) groups is 2. The molecular weight excluding hydrogens is 651 g/mol. The van der Waals surface area contributed by atoms with Crippen LogP contribution in [0.4, 0.5) is 13.2 Å². The number of pyridine rings is 1. The number of ketones is 1. The number of carbonyl (C=O) groups excluding carboxylic acids is 1. The number of fused-ring (bicyclic) bond motifs is 1. The van der Waals surface area contributed by atoms with Gasteiger partial charge in [0.2, 0.25) is 0 Å². The van der Waals surface area contributed by atoms with Gasteiger partial charge in [-0.3, -0.25) is 14.6 Å². The van der Waals surface area contributed by atoms with Crippen LogP contribution in [0.2, 0.25) is 0 Å². The molecule has 8 heteroatoms. The molecule has 1 atom stereocenters. The summed E-state index contributed by atoms with van der Waals surface area (Å²) in [5.41, 5.74) is 3.81. The van der Waals surface area contributed by atoms with Crippen LogP contribution in [0.5, 0.6) is 5.75 Å². The van der Waals surface area contributed by atoms with Gasteiger partial charge in [-0.25, -0.2) is 0 Å². The molecule has 0 aliphatic heterocycles. The van der Waals surface area contributed by atoms with Crippen molar-refractivity contribution >= 4 is 22.7 Å². The first-order chi connectivity index (χ1) is 24.3. The second-order valence-corrected chi connectivity index (χ2v) is 13.5. The average Bonchev–Trinajstić information content (AvgIpc) is 3.12. The minimum Gasteiger partial charge on any atom is -0.489 e. The Labute approximate surface area is 294 Å². The van der Waals surface area contributed by atoms with Crippen LogP contribution < -0.4 is 4.74 Å². The zero-order chi connectivity index (χ0) is 36.3. The lowest BCUT2D eigenvalue weighted by Gasteiger charge is -2.20. The number of aliphatic carboxylic acids is 1. The third kappa shape index (κ3) is 7.86. The molecule has 1 heterocycles.